The Labute approximate surface area is 122 Å². The molecule has 1 amide bonds. The van der Waals surface area contributed by atoms with Crippen molar-refractivity contribution in [3.05, 3.63) is 0 Å². The zero-order chi connectivity index (χ0) is 15.2. The molecule has 1 saturated carbocycles. The molecule has 1 aliphatic rings. The summed E-state index contributed by atoms with van der Waals surface area (Å²) in [4.78, 5) is 24.2. The number of amides is 1. The van der Waals surface area contributed by atoms with E-state index in [1.807, 2.05) is 20.8 Å². The molecule has 0 aromatic carbocycles. The molecule has 0 heterocycles. The van der Waals surface area contributed by atoms with Crippen molar-refractivity contribution in [2.75, 3.05) is 7.11 Å². The Kier molecular flexibility index (Phi) is 6.66. The topological polar surface area (TPSA) is 55.4 Å². The van der Waals surface area contributed by atoms with Crippen LogP contribution in [0.2, 0.25) is 0 Å². The van der Waals surface area contributed by atoms with Gasteiger partial charge < -0.3 is 10.1 Å². The van der Waals surface area contributed by atoms with Crippen LogP contribution < -0.4 is 5.32 Å². The predicted octanol–water partition coefficient (Wildman–Crippen LogP) is 2.85. The summed E-state index contributed by atoms with van der Waals surface area (Å²) in [5.74, 6) is 0.481. The molecule has 20 heavy (non-hydrogen) atoms. The van der Waals surface area contributed by atoms with E-state index in [1.165, 1.54) is 19.3 Å². The minimum Gasteiger partial charge on any atom is -0.376 e. The first-order chi connectivity index (χ1) is 9.40. The normalized spacial score (nSPS) is 18.6. The van der Waals surface area contributed by atoms with Crippen LogP contribution in [-0.4, -0.2) is 30.4 Å². The summed E-state index contributed by atoms with van der Waals surface area (Å²) in [6, 6.07) is -0.561. The van der Waals surface area contributed by atoms with Gasteiger partial charge in [0.2, 0.25) is 5.91 Å². The number of Topliss-reactive ketones (excluding diaryl/α,β-unsaturated/α-hetero) is 1. The lowest BCUT2D eigenvalue weighted by Crippen LogP contribution is -2.55. The van der Waals surface area contributed by atoms with Gasteiger partial charge in [0.05, 0.1) is 5.60 Å². The van der Waals surface area contributed by atoms with Crippen molar-refractivity contribution in [3.63, 3.8) is 0 Å². The lowest BCUT2D eigenvalue weighted by molar-refractivity contribution is -0.135. The lowest BCUT2D eigenvalue weighted by atomic mass is 9.86. The summed E-state index contributed by atoms with van der Waals surface area (Å²) in [5, 5.41) is 2.89. The number of rotatable bonds is 7. The van der Waals surface area contributed by atoms with Gasteiger partial charge in [-0.25, -0.2) is 0 Å². The second kappa shape index (κ2) is 7.77. The Hall–Kier alpha value is -0.900. The van der Waals surface area contributed by atoms with E-state index in [-0.39, 0.29) is 11.7 Å². The number of hydrogen-bond donors (Lipinski definition) is 1. The highest BCUT2D eigenvalue weighted by atomic mass is 16.5. The Morgan fingerprint density at radius 3 is 2.35 bits per heavy atom. The molecule has 0 aliphatic heterocycles. The van der Waals surface area contributed by atoms with Gasteiger partial charge in [0, 0.05) is 20.0 Å². The maximum atomic E-state index is 12.2. The Bertz CT molecular complexity index is 333. The van der Waals surface area contributed by atoms with E-state index in [2.05, 4.69) is 5.32 Å². The number of methoxy groups -OCH3 is 1. The fraction of sp³-hybridized carbons (Fsp3) is 0.875. The van der Waals surface area contributed by atoms with Crippen LogP contribution in [0.5, 0.6) is 0 Å². The molecule has 0 spiro atoms. The maximum absolute atomic E-state index is 12.2. The molecule has 1 rings (SSSR count). The largest absolute Gasteiger partial charge is 0.376 e. The number of ketones is 1. The summed E-state index contributed by atoms with van der Waals surface area (Å²) in [7, 11) is 1.57. The van der Waals surface area contributed by atoms with Crippen molar-refractivity contribution >= 4 is 11.7 Å². The third-order valence-corrected chi connectivity index (χ3v) is 4.40. The lowest BCUT2D eigenvalue weighted by Gasteiger charge is -2.33. The van der Waals surface area contributed by atoms with Crippen molar-refractivity contribution < 1.29 is 14.3 Å². The van der Waals surface area contributed by atoms with Gasteiger partial charge in [0.1, 0.15) is 6.04 Å². The molecule has 1 N–H and O–H groups in total. The van der Waals surface area contributed by atoms with Gasteiger partial charge in [-0.05, 0) is 32.6 Å². The van der Waals surface area contributed by atoms with E-state index >= 15 is 0 Å². The van der Waals surface area contributed by atoms with Crippen LogP contribution >= 0.6 is 0 Å². The first-order valence-corrected chi connectivity index (χ1v) is 7.78. The molecule has 0 saturated heterocycles. The second-order valence-corrected chi connectivity index (χ2v) is 6.34. The third kappa shape index (κ3) is 4.89. The quantitative estimate of drug-likeness (QED) is 0.781. The second-order valence-electron chi connectivity index (χ2n) is 6.34. The van der Waals surface area contributed by atoms with Gasteiger partial charge in [-0.15, -0.1) is 0 Å². The number of ether oxygens (including phenoxy) is 1. The molecular formula is C16H29NO3. The van der Waals surface area contributed by atoms with E-state index < -0.39 is 11.6 Å². The van der Waals surface area contributed by atoms with Crippen LogP contribution in [0, 0.1) is 5.92 Å². The Morgan fingerprint density at radius 1 is 1.25 bits per heavy atom. The average molecular weight is 283 g/mol. The highest BCUT2D eigenvalue weighted by Crippen LogP contribution is 2.26. The summed E-state index contributed by atoms with van der Waals surface area (Å²) < 4.78 is 5.38. The molecule has 0 aromatic heterocycles. The van der Waals surface area contributed by atoms with Crippen LogP contribution in [0.1, 0.15) is 65.7 Å². The van der Waals surface area contributed by atoms with Crippen molar-refractivity contribution in [3.8, 4) is 0 Å². The van der Waals surface area contributed by atoms with Crippen LogP contribution in [0.4, 0.5) is 0 Å². The van der Waals surface area contributed by atoms with Crippen LogP contribution in [0.25, 0.3) is 0 Å². The molecule has 1 aliphatic carbocycles. The maximum Gasteiger partial charge on any atom is 0.220 e. The molecule has 4 nitrogen and oxygen atoms in total. The Morgan fingerprint density at radius 2 is 1.85 bits per heavy atom. The van der Waals surface area contributed by atoms with Crippen LogP contribution in [0.3, 0.4) is 0 Å². The predicted molar refractivity (Wildman–Crippen MR) is 79.5 cm³/mol. The summed E-state index contributed by atoms with van der Waals surface area (Å²) in [5.41, 5.74) is -0.671. The zero-order valence-electron chi connectivity index (χ0n) is 13.3. The SMILES string of the molecule is CCC(=O)[C@@H](NC(=O)CC1CCCCC1)C(C)(C)OC. The van der Waals surface area contributed by atoms with Crippen molar-refractivity contribution in [2.24, 2.45) is 5.92 Å². The summed E-state index contributed by atoms with van der Waals surface area (Å²) >= 11 is 0. The minimum atomic E-state index is -0.671. The van der Waals surface area contributed by atoms with E-state index in [0.29, 0.717) is 18.8 Å². The zero-order valence-corrected chi connectivity index (χ0v) is 13.3. The number of carbonyl (C=O) groups is 2. The minimum absolute atomic E-state index is 0.0196. The van der Waals surface area contributed by atoms with Crippen molar-refractivity contribution in [1.82, 2.24) is 5.32 Å². The highest BCUT2D eigenvalue weighted by Gasteiger charge is 2.35. The van der Waals surface area contributed by atoms with Gasteiger partial charge >= 0.3 is 0 Å². The smallest absolute Gasteiger partial charge is 0.220 e. The molecule has 0 unspecified atom stereocenters. The molecule has 4 heteroatoms. The first-order valence-electron chi connectivity index (χ1n) is 7.78. The van der Waals surface area contributed by atoms with E-state index in [9.17, 15) is 9.59 Å². The van der Waals surface area contributed by atoms with Crippen LogP contribution in [0.15, 0.2) is 0 Å². The van der Waals surface area contributed by atoms with E-state index in [4.69, 9.17) is 4.74 Å². The summed E-state index contributed by atoms with van der Waals surface area (Å²) in [6.07, 6.45) is 6.93. The average Bonchev–Trinajstić information content (AvgIpc) is 2.45. The number of carbonyl (C=O) groups excluding carboxylic acids is 2. The van der Waals surface area contributed by atoms with Crippen molar-refractivity contribution in [1.29, 1.82) is 0 Å². The van der Waals surface area contributed by atoms with Gasteiger partial charge in [0.15, 0.2) is 5.78 Å². The van der Waals surface area contributed by atoms with Crippen LogP contribution in [-0.2, 0) is 14.3 Å². The molecule has 0 radical (unpaired) electrons. The van der Waals surface area contributed by atoms with Gasteiger partial charge in [-0.2, -0.15) is 0 Å². The van der Waals surface area contributed by atoms with Gasteiger partial charge in [-0.3, -0.25) is 9.59 Å². The van der Waals surface area contributed by atoms with Gasteiger partial charge in [-0.1, -0.05) is 26.2 Å². The third-order valence-electron chi connectivity index (χ3n) is 4.40. The monoisotopic (exact) mass is 283 g/mol. The first kappa shape index (κ1) is 17.2. The Balaban J connectivity index is 2.59. The fourth-order valence-corrected chi connectivity index (χ4v) is 2.84. The van der Waals surface area contributed by atoms with Gasteiger partial charge in [0.25, 0.3) is 0 Å². The molecule has 1 atom stereocenters. The number of nitrogens with one attached hydrogen (secondary N) is 1. The molecule has 0 bridgehead atoms. The standard InChI is InChI=1S/C16H29NO3/c1-5-13(18)15(16(2,3)20-4)17-14(19)11-12-9-7-6-8-10-12/h12,15H,5-11H2,1-4H3,(H,17,19)/t15-/m1/s1. The highest BCUT2D eigenvalue weighted by molar-refractivity contribution is 5.90. The van der Waals surface area contributed by atoms with E-state index in [1.54, 1.807) is 7.11 Å². The molecular weight excluding hydrogens is 254 g/mol. The van der Waals surface area contributed by atoms with Crippen molar-refractivity contribution in [2.45, 2.75) is 77.4 Å². The molecule has 0 aromatic rings. The fourth-order valence-electron chi connectivity index (χ4n) is 2.84. The molecule has 116 valence electrons. The number of hydrogen-bond acceptors (Lipinski definition) is 3. The molecule has 1 fully saturated rings. The van der Waals surface area contributed by atoms with E-state index in [0.717, 1.165) is 12.8 Å². The summed E-state index contributed by atoms with van der Waals surface area (Å²) in [6.45, 7) is 5.49.